The molecule has 17 heavy (non-hydrogen) atoms. The molecule has 1 amide bonds. The number of nitrogens with one attached hydrogen (secondary N) is 1. The highest BCUT2D eigenvalue weighted by Gasteiger charge is 2.17. The summed E-state index contributed by atoms with van der Waals surface area (Å²) in [5.74, 6) is 0.518. The van der Waals surface area contributed by atoms with Crippen molar-refractivity contribution in [1.29, 1.82) is 0 Å². The lowest BCUT2D eigenvalue weighted by Crippen LogP contribution is -2.27. The Labute approximate surface area is 110 Å². The van der Waals surface area contributed by atoms with Gasteiger partial charge in [0.2, 0.25) is 0 Å². The Morgan fingerprint density at radius 1 is 1.53 bits per heavy atom. The zero-order valence-corrected chi connectivity index (χ0v) is 11.5. The van der Waals surface area contributed by atoms with Crippen LogP contribution in [-0.2, 0) is 4.74 Å². The normalized spacial score (nSPS) is 10.8. The summed E-state index contributed by atoms with van der Waals surface area (Å²) in [6.07, 6.45) is 0. The number of amides is 1. The molecule has 1 aromatic rings. The summed E-state index contributed by atoms with van der Waals surface area (Å²) < 4.78 is 8.96. The van der Waals surface area contributed by atoms with Crippen LogP contribution in [0.3, 0.4) is 0 Å². The molecule has 96 valence electrons. The van der Waals surface area contributed by atoms with Crippen molar-refractivity contribution < 1.29 is 9.53 Å². The van der Waals surface area contributed by atoms with Gasteiger partial charge in [-0.1, -0.05) is 18.3 Å². The zero-order valence-electron chi connectivity index (χ0n) is 9.90. The molecule has 5 nitrogen and oxygen atoms in total. The molecular formula is C10H16ClN3O2S. The monoisotopic (exact) mass is 277 g/mol. The third-order valence-electron chi connectivity index (χ3n) is 2.02. The molecule has 0 spiro atoms. The Kier molecular flexibility index (Phi) is 6.39. The van der Waals surface area contributed by atoms with Gasteiger partial charge >= 0.3 is 0 Å². The number of hydrogen-bond donors (Lipinski definition) is 1. The maximum atomic E-state index is 11.8. The first-order valence-corrected chi connectivity index (χ1v) is 6.71. The van der Waals surface area contributed by atoms with Crippen molar-refractivity contribution in [2.75, 3.05) is 25.6 Å². The first kappa shape index (κ1) is 14.3. The number of rotatable bonds is 7. The first-order chi connectivity index (χ1) is 8.16. The number of nitrogens with zero attached hydrogens (tertiary/aromatic N) is 2. The maximum Gasteiger partial charge on any atom is 0.265 e. The van der Waals surface area contributed by atoms with E-state index in [0.29, 0.717) is 30.5 Å². The van der Waals surface area contributed by atoms with Crippen LogP contribution in [0.2, 0.25) is 0 Å². The summed E-state index contributed by atoms with van der Waals surface area (Å²) in [4.78, 5) is 12.4. The van der Waals surface area contributed by atoms with E-state index in [-0.39, 0.29) is 11.8 Å². The molecule has 0 aliphatic heterocycles. The van der Waals surface area contributed by atoms with Crippen LogP contribution in [-0.4, -0.2) is 41.1 Å². The Hall–Kier alpha value is -0.720. The van der Waals surface area contributed by atoms with Gasteiger partial charge in [0, 0.05) is 12.4 Å². The van der Waals surface area contributed by atoms with Crippen LogP contribution in [0.25, 0.3) is 0 Å². The number of alkyl halides is 1. The standard InChI is InChI=1S/C10H16ClN3O2S/c1-7(2)8-9(17-14-13-8)10(15)12-4-6-16-5-3-11/h7H,3-6H2,1-2H3,(H,12,15). The Bertz CT molecular complexity index is 357. The van der Waals surface area contributed by atoms with Gasteiger partial charge in [-0.15, -0.1) is 16.7 Å². The third kappa shape index (κ3) is 4.57. The quantitative estimate of drug-likeness (QED) is 0.608. The lowest BCUT2D eigenvalue weighted by atomic mass is 10.1. The van der Waals surface area contributed by atoms with Gasteiger partial charge in [-0.2, -0.15) is 0 Å². The summed E-state index contributed by atoms with van der Waals surface area (Å²) in [7, 11) is 0. The van der Waals surface area contributed by atoms with E-state index in [1.54, 1.807) is 0 Å². The van der Waals surface area contributed by atoms with Gasteiger partial charge in [-0.3, -0.25) is 4.79 Å². The number of hydrogen-bond acceptors (Lipinski definition) is 5. The second kappa shape index (κ2) is 7.58. The molecule has 1 aromatic heterocycles. The number of carbonyl (C=O) groups excluding carboxylic acids is 1. The van der Waals surface area contributed by atoms with E-state index in [1.165, 1.54) is 0 Å². The Balaban J connectivity index is 2.39. The average molecular weight is 278 g/mol. The average Bonchev–Trinajstić information content (AvgIpc) is 2.77. The van der Waals surface area contributed by atoms with Gasteiger partial charge < -0.3 is 10.1 Å². The second-order valence-corrected chi connectivity index (χ2v) is 4.83. The zero-order chi connectivity index (χ0) is 12.7. The molecule has 0 unspecified atom stereocenters. The Morgan fingerprint density at radius 3 is 2.94 bits per heavy atom. The largest absolute Gasteiger partial charge is 0.378 e. The van der Waals surface area contributed by atoms with Crippen molar-refractivity contribution in [3.8, 4) is 0 Å². The lowest BCUT2D eigenvalue weighted by molar-refractivity contribution is 0.0926. The summed E-state index contributed by atoms with van der Waals surface area (Å²) in [6.45, 7) is 5.39. The molecule has 0 aromatic carbocycles. The number of halogens is 1. The number of carbonyl (C=O) groups is 1. The van der Waals surface area contributed by atoms with Gasteiger partial charge in [0.15, 0.2) is 0 Å². The minimum atomic E-state index is -0.141. The Morgan fingerprint density at radius 2 is 2.29 bits per heavy atom. The van der Waals surface area contributed by atoms with Gasteiger partial charge in [-0.05, 0) is 17.5 Å². The van der Waals surface area contributed by atoms with Crippen LogP contribution in [0.5, 0.6) is 0 Å². The lowest BCUT2D eigenvalue weighted by Gasteiger charge is -2.06. The van der Waals surface area contributed by atoms with E-state index in [0.717, 1.165) is 17.2 Å². The van der Waals surface area contributed by atoms with Crippen LogP contribution in [0, 0.1) is 0 Å². The molecule has 1 heterocycles. The molecule has 1 N–H and O–H groups in total. The van der Waals surface area contributed by atoms with E-state index in [4.69, 9.17) is 16.3 Å². The summed E-state index contributed by atoms with van der Waals surface area (Å²) in [5.41, 5.74) is 0.745. The van der Waals surface area contributed by atoms with Crippen molar-refractivity contribution in [1.82, 2.24) is 14.9 Å². The molecule has 0 radical (unpaired) electrons. The topological polar surface area (TPSA) is 64.1 Å². The van der Waals surface area contributed by atoms with E-state index in [2.05, 4.69) is 14.9 Å². The highest BCUT2D eigenvalue weighted by molar-refractivity contribution is 7.08. The molecule has 0 aliphatic rings. The second-order valence-electron chi connectivity index (χ2n) is 3.70. The van der Waals surface area contributed by atoms with Gasteiger partial charge in [-0.25, -0.2) is 0 Å². The predicted octanol–water partition coefficient (Wildman–Crippen LogP) is 1.65. The molecular weight excluding hydrogens is 262 g/mol. The third-order valence-corrected chi connectivity index (χ3v) is 2.91. The predicted molar refractivity (Wildman–Crippen MR) is 67.9 cm³/mol. The van der Waals surface area contributed by atoms with Gasteiger partial charge in [0.05, 0.1) is 18.9 Å². The van der Waals surface area contributed by atoms with Crippen LogP contribution in [0.15, 0.2) is 0 Å². The molecule has 0 saturated carbocycles. The molecule has 0 fully saturated rings. The first-order valence-electron chi connectivity index (χ1n) is 5.41. The highest BCUT2D eigenvalue weighted by Crippen LogP contribution is 2.19. The maximum absolute atomic E-state index is 11.8. The number of ether oxygens (including phenoxy) is 1. The van der Waals surface area contributed by atoms with Crippen molar-refractivity contribution in [3.05, 3.63) is 10.6 Å². The van der Waals surface area contributed by atoms with E-state index < -0.39 is 0 Å². The SMILES string of the molecule is CC(C)c1nnsc1C(=O)NCCOCCCl. The van der Waals surface area contributed by atoms with Crippen molar-refractivity contribution >= 4 is 29.0 Å². The fourth-order valence-electron chi connectivity index (χ4n) is 1.21. The van der Waals surface area contributed by atoms with E-state index >= 15 is 0 Å². The van der Waals surface area contributed by atoms with Gasteiger partial charge in [0.25, 0.3) is 5.91 Å². The summed E-state index contributed by atoms with van der Waals surface area (Å²) >= 11 is 6.57. The molecule has 1 rings (SSSR count). The van der Waals surface area contributed by atoms with Crippen molar-refractivity contribution in [2.24, 2.45) is 0 Å². The van der Waals surface area contributed by atoms with Crippen molar-refractivity contribution in [2.45, 2.75) is 19.8 Å². The minimum absolute atomic E-state index is 0.141. The fraction of sp³-hybridized carbons (Fsp3) is 0.700. The highest BCUT2D eigenvalue weighted by atomic mass is 35.5. The van der Waals surface area contributed by atoms with Crippen LogP contribution in [0.1, 0.15) is 35.1 Å². The smallest absolute Gasteiger partial charge is 0.265 e. The van der Waals surface area contributed by atoms with Crippen molar-refractivity contribution in [3.63, 3.8) is 0 Å². The molecule has 0 saturated heterocycles. The molecule has 7 heteroatoms. The summed E-state index contributed by atoms with van der Waals surface area (Å²) in [6, 6.07) is 0. The van der Waals surface area contributed by atoms with E-state index in [1.807, 2.05) is 13.8 Å². The van der Waals surface area contributed by atoms with Gasteiger partial charge in [0.1, 0.15) is 4.88 Å². The van der Waals surface area contributed by atoms with Crippen LogP contribution in [0.4, 0.5) is 0 Å². The van der Waals surface area contributed by atoms with E-state index in [9.17, 15) is 4.79 Å². The number of aromatic nitrogens is 2. The molecule has 0 aliphatic carbocycles. The summed E-state index contributed by atoms with van der Waals surface area (Å²) in [5, 5.41) is 6.72. The molecule has 0 atom stereocenters. The minimum Gasteiger partial charge on any atom is -0.378 e. The fourth-order valence-corrected chi connectivity index (χ4v) is 2.05. The molecule has 0 bridgehead atoms. The van der Waals surface area contributed by atoms with Crippen LogP contribution >= 0.6 is 23.1 Å². The van der Waals surface area contributed by atoms with Crippen LogP contribution < -0.4 is 5.32 Å².